The van der Waals surface area contributed by atoms with Gasteiger partial charge in [-0.2, -0.15) is 0 Å². The number of likely N-dealkylation sites (tertiary alicyclic amines) is 2. The number of carbonyl (C=O) groups is 2. The largest absolute Gasteiger partial charge is 0.444 e. The van der Waals surface area contributed by atoms with Crippen LogP contribution in [-0.2, 0) is 9.53 Å². The van der Waals surface area contributed by atoms with Crippen LogP contribution in [0.15, 0.2) is 0 Å². The first-order valence-corrected chi connectivity index (χ1v) is 8.27. The molecule has 0 aromatic rings. The number of piperidine rings is 1. The highest BCUT2D eigenvalue weighted by Crippen LogP contribution is 2.36. The van der Waals surface area contributed by atoms with Crippen LogP contribution in [0.2, 0.25) is 0 Å². The summed E-state index contributed by atoms with van der Waals surface area (Å²) in [5, 5.41) is 0. The minimum atomic E-state index is -0.497. The van der Waals surface area contributed by atoms with Crippen LogP contribution in [0.5, 0.6) is 0 Å². The number of hydrogen-bond donors (Lipinski definition) is 0. The van der Waals surface area contributed by atoms with E-state index in [0.717, 1.165) is 6.42 Å². The summed E-state index contributed by atoms with van der Waals surface area (Å²) in [5.41, 5.74) is -0.683. The van der Waals surface area contributed by atoms with E-state index in [-0.39, 0.29) is 29.4 Å². The van der Waals surface area contributed by atoms with Crippen molar-refractivity contribution >= 4 is 12.0 Å². The van der Waals surface area contributed by atoms with Crippen LogP contribution in [0.25, 0.3) is 0 Å². The number of rotatable bonds is 1. The Labute approximate surface area is 139 Å². The van der Waals surface area contributed by atoms with E-state index >= 15 is 0 Å². The third kappa shape index (κ3) is 3.99. The van der Waals surface area contributed by atoms with Gasteiger partial charge in [-0.3, -0.25) is 4.79 Å². The summed E-state index contributed by atoms with van der Waals surface area (Å²) < 4.78 is 5.47. The van der Waals surface area contributed by atoms with Gasteiger partial charge in [-0.15, -0.1) is 12.3 Å². The predicted octanol–water partition coefficient (Wildman–Crippen LogP) is 2.50. The van der Waals surface area contributed by atoms with Crippen LogP contribution in [0, 0.1) is 23.7 Å². The molecule has 0 bridgehead atoms. The lowest BCUT2D eigenvalue weighted by Gasteiger charge is -2.47. The molecule has 128 valence electrons. The van der Waals surface area contributed by atoms with Gasteiger partial charge in [-0.1, -0.05) is 13.8 Å². The summed E-state index contributed by atoms with van der Waals surface area (Å²) in [4.78, 5) is 28.2. The van der Waals surface area contributed by atoms with Gasteiger partial charge in [0.25, 0.3) is 0 Å². The molecule has 5 nitrogen and oxygen atoms in total. The molecule has 2 atom stereocenters. The minimum absolute atomic E-state index is 0.0159. The number of amides is 2. The van der Waals surface area contributed by atoms with Gasteiger partial charge in [0.15, 0.2) is 0 Å². The molecule has 0 spiro atoms. The van der Waals surface area contributed by atoms with Gasteiger partial charge >= 0.3 is 6.09 Å². The molecule has 2 saturated heterocycles. The topological polar surface area (TPSA) is 49.9 Å². The Morgan fingerprint density at radius 1 is 1.39 bits per heavy atom. The van der Waals surface area contributed by atoms with Gasteiger partial charge in [0, 0.05) is 43.4 Å². The van der Waals surface area contributed by atoms with Crippen LogP contribution in [0.4, 0.5) is 4.79 Å². The van der Waals surface area contributed by atoms with Crippen LogP contribution in [0.1, 0.15) is 47.5 Å². The number of carbonyl (C=O) groups excluding carboxylic acids is 2. The van der Waals surface area contributed by atoms with Crippen molar-refractivity contribution in [2.24, 2.45) is 11.3 Å². The van der Waals surface area contributed by atoms with E-state index < -0.39 is 5.60 Å². The number of terminal acetylenes is 1. The van der Waals surface area contributed by atoms with Gasteiger partial charge < -0.3 is 14.5 Å². The molecule has 0 N–H and O–H groups in total. The highest BCUT2D eigenvalue weighted by atomic mass is 16.6. The van der Waals surface area contributed by atoms with E-state index in [1.54, 1.807) is 4.90 Å². The summed E-state index contributed by atoms with van der Waals surface area (Å²) in [6.45, 7) is 11.6. The number of hydrogen-bond acceptors (Lipinski definition) is 3. The second-order valence-corrected chi connectivity index (χ2v) is 8.31. The van der Waals surface area contributed by atoms with E-state index in [4.69, 9.17) is 11.2 Å². The van der Waals surface area contributed by atoms with Crippen molar-refractivity contribution in [3.8, 4) is 12.3 Å². The molecule has 23 heavy (non-hydrogen) atoms. The van der Waals surface area contributed by atoms with Gasteiger partial charge in [-0.25, -0.2) is 4.79 Å². The zero-order valence-electron chi connectivity index (χ0n) is 14.9. The Morgan fingerprint density at radius 2 is 2.04 bits per heavy atom. The van der Waals surface area contributed by atoms with Crippen LogP contribution < -0.4 is 0 Å². The fourth-order valence-corrected chi connectivity index (χ4v) is 3.55. The maximum Gasteiger partial charge on any atom is 0.410 e. The molecule has 0 aromatic carbocycles. The lowest BCUT2D eigenvalue weighted by Crippen LogP contribution is -2.57. The molecule has 0 aliphatic carbocycles. The zero-order chi connectivity index (χ0) is 17.4. The second kappa shape index (κ2) is 6.07. The molecular formula is C18H28N2O3. The van der Waals surface area contributed by atoms with Crippen molar-refractivity contribution in [3.05, 3.63) is 0 Å². The molecule has 2 fully saturated rings. The van der Waals surface area contributed by atoms with Gasteiger partial charge in [0.05, 0.1) is 0 Å². The van der Waals surface area contributed by atoms with E-state index in [1.807, 2.05) is 25.7 Å². The molecule has 2 amide bonds. The maximum atomic E-state index is 12.3. The van der Waals surface area contributed by atoms with Crippen LogP contribution >= 0.6 is 0 Å². The molecule has 0 saturated carbocycles. The fourth-order valence-electron chi connectivity index (χ4n) is 3.55. The Kier molecular flexibility index (Phi) is 4.66. The van der Waals surface area contributed by atoms with E-state index in [1.165, 1.54) is 0 Å². The smallest absolute Gasteiger partial charge is 0.410 e. The molecule has 2 aliphatic heterocycles. The molecule has 0 radical (unpaired) electrons. The Bertz CT molecular complexity index is 527. The average Bonchev–Trinajstić information content (AvgIpc) is 2.76. The quantitative estimate of drug-likeness (QED) is 0.698. The Morgan fingerprint density at radius 3 is 2.52 bits per heavy atom. The van der Waals surface area contributed by atoms with E-state index in [2.05, 4.69) is 19.8 Å². The first-order chi connectivity index (χ1) is 10.5. The third-order valence-corrected chi connectivity index (χ3v) is 4.59. The lowest BCUT2D eigenvalue weighted by atomic mass is 9.78. The van der Waals surface area contributed by atoms with Crippen molar-refractivity contribution in [1.29, 1.82) is 0 Å². The SMILES string of the molecule is C#CC1CC(=O)N(C2CCN(C(=O)OC(C)(C)C)CC2(C)C)C1. The molecular weight excluding hydrogens is 292 g/mol. The summed E-state index contributed by atoms with van der Waals surface area (Å²) in [7, 11) is 0. The highest BCUT2D eigenvalue weighted by molar-refractivity contribution is 5.79. The average molecular weight is 320 g/mol. The zero-order valence-corrected chi connectivity index (χ0v) is 14.9. The Balaban J connectivity index is 2.05. The van der Waals surface area contributed by atoms with Crippen LogP contribution in [0.3, 0.4) is 0 Å². The first-order valence-electron chi connectivity index (χ1n) is 8.27. The summed E-state index contributed by atoms with van der Waals surface area (Å²) >= 11 is 0. The number of nitrogens with zero attached hydrogens (tertiary/aromatic N) is 2. The lowest BCUT2D eigenvalue weighted by molar-refractivity contribution is -0.133. The second-order valence-electron chi connectivity index (χ2n) is 8.31. The monoisotopic (exact) mass is 320 g/mol. The van der Waals surface area contributed by atoms with Crippen molar-refractivity contribution < 1.29 is 14.3 Å². The van der Waals surface area contributed by atoms with Gasteiger partial charge in [0.1, 0.15) is 5.60 Å². The highest BCUT2D eigenvalue weighted by Gasteiger charge is 2.45. The fraction of sp³-hybridized carbons (Fsp3) is 0.778. The van der Waals surface area contributed by atoms with Gasteiger partial charge in [0.2, 0.25) is 5.91 Å². The Hall–Kier alpha value is -1.70. The minimum Gasteiger partial charge on any atom is -0.444 e. The standard InChI is InChI=1S/C18H28N2O3/c1-7-13-10-15(21)20(11-13)14-8-9-19(12-18(14,5)6)16(22)23-17(2,3)4/h1,13-14H,8-12H2,2-6H3. The van der Waals surface area contributed by atoms with Crippen molar-refractivity contribution in [3.63, 3.8) is 0 Å². The summed E-state index contributed by atoms with van der Waals surface area (Å²) in [6.07, 6.45) is 6.40. The molecule has 2 heterocycles. The van der Waals surface area contributed by atoms with Crippen LogP contribution in [-0.4, -0.2) is 53.1 Å². The van der Waals surface area contributed by atoms with Crippen molar-refractivity contribution in [2.45, 2.75) is 59.1 Å². The van der Waals surface area contributed by atoms with E-state index in [9.17, 15) is 9.59 Å². The number of ether oxygens (including phenoxy) is 1. The summed E-state index contributed by atoms with van der Waals surface area (Å²) in [5.74, 6) is 2.85. The normalized spacial score (nSPS) is 27.7. The van der Waals surface area contributed by atoms with Crippen molar-refractivity contribution in [2.75, 3.05) is 19.6 Å². The predicted molar refractivity (Wildman–Crippen MR) is 88.6 cm³/mol. The summed E-state index contributed by atoms with van der Waals surface area (Å²) in [6, 6.07) is 0.118. The molecule has 2 unspecified atom stereocenters. The molecule has 2 aliphatic rings. The third-order valence-electron chi connectivity index (χ3n) is 4.59. The van der Waals surface area contributed by atoms with E-state index in [0.29, 0.717) is 26.1 Å². The van der Waals surface area contributed by atoms with Gasteiger partial charge in [-0.05, 0) is 27.2 Å². The molecule has 2 rings (SSSR count). The molecule has 0 aromatic heterocycles. The first kappa shape index (κ1) is 17.7. The maximum absolute atomic E-state index is 12.3. The van der Waals surface area contributed by atoms with Crippen molar-refractivity contribution in [1.82, 2.24) is 9.80 Å². The molecule has 5 heteroatoms.